The van der Waals surface area contributed by atoms with Crippen molar-refractivity contribution in [3.05, 3.63) is 48.0 Å². The Morgan fingerprint density at radius 2 is 2.12 bits per heavy atom. The van der Waals surface area contributed by atoms with Crippen molar-refractivity contribution in [1.82, 2.24) is 10.2 Å². The number of nitrogens with one attached hydrogen (secondary N) is 1. The Labute approximate surface area is 105 Å². The van der Waals surface area contributed by atoms with Gasteiger partial charge in [0.1, 0.15) is 0 Å². The summed E-state index contributed by atoms with van der Waals surface area (Å²) in [6.45, 7) is 9.90. The third-order valence-corrected chi connectivity index (χ3v) is 2.64. The first kappa shape index (κ1) is 13.9. The summed E-state index contributed by atoms with van der Waals surface area (Å²) in [4.78, 5) is 2.26. The normalized spacial score (nSPS) is 10.8. The lowest BCUT2D eigenvalue weighted by Gasteiger charge is -2.15. The highest BCUT2D eigenvalue weighted by atomic mass is 15.1. The Kier molecular flexibility index (Phi) is 6.60. The van der Waals surface area contributed by atoms with Gasteiger partial charge in [0.2, 0.25) is 0 Å². The molecule has 0 saturated carbocycles. The molecule has 0 bridgehead atoms. The molecule has 94 valence electrons. The quantitative estimate of drug-likeness (QED) is 0.548. The van der Waals surface area contributed by atoms with Gasteiger partial charge in [0, 0.05) is 19.6 Å². The van der Waals surface area contributed by atoms with Crippen molar-refractivity contribution < 1.29 is 0 Å². The van der Waals surface area contributed by atoms with Crippen LogP contribution in [0.25, 0.3) is 0 Å². The summed E-state index contributed by atoms with van der Waals surface area (Å²) in [6, 6.07) is 8.78. The summed E-state index contributed by atoms with van der Waals surface area (Å²) >= 11 is 0. The number of nitrogens with zero attached hydrogens (tertiary/aromatic N) is 1. The summed E-state index contributed by atoms with van der Waals surface area (Å²) < 4.78 is 0. The topological polar surface area (TPSA) is 15.3 Å². The van der Waals surface area contributed by atoms with Crippen molar-refractivity contribution in [1.29, 1.82) is 0 Å². The lowest BCUT2D eigenvalue weighted by Crippen LogP contribution is -2.18. The Morgan fingerprint density at radius 1 is 1.35 bits per heavy atom. The van der Waals surface area contributed by atoms with E-state index in [0.29, 0.717) is 0 Å². The van der Waals surface area contributed by atoms with Gasteiger partial charge in [-0.15, -0.1) is 6.58 Å². The van der Waals surface area contributed by atoms with E-state index in [1.54, 1.807) is 0 Å². The van der Waals surface area contributed by atoms with Crippen molar-refractivity contribution in [3.63, 3.8) is 0 Å². The standard InChI is InChI=1S/C15H24N2/c1-4-9-16-12-14-7-6-8-15(11-14)13-17(3)10-5-2/h5-8,11,16H,2,4,9-10,12-13H2,1,3H3. The van der Waals surface area contributed by atoms with Crippen molar-refractivity contribution in [2.75, 3.05) is 20.1 Å². The third kappa shape index (κ3) is 5.66. The van der Waals surface area contributed by atoms with Crippen molar-refractivity contribution in [2.24, 2.45) is 0 Å². The minimum atomic E-state index is 0.929. The molecule has 0 aromatic heterocycles. The molecule has 0 fully saturated rings. The summed E-state index contributed by atoms with van der Waals surface area (Å²) in [7, 11) is 2.11. The van der Waals surface area contributed by atoms with Crippen LogP contribution in [-0.2, 0) is 13.1 Å². The molecule has 17 heavy (non-hydrogen) atoms. The molecule has 0 aliphatic heterocycles. The molecule has 1 aromatic rings. The van der Waals surface area contributed by atoms with Crippen LogP contribution < -0.4 is 5.32 Å². The SMILES string of the molecule is C=CCN(C)Cc1cccc(CNCCC)c1. The molecule has 1 N–H and O–H groups in total. The zero-order valence-electron chi connectivity index (χ0n) is 11.1. The predicted molar refractivity (Wildman–Crippen MR) is 75.0 cm³/mol. The molecular weight excluding hydrogens is 208 g/mol. The van der Waals surface area contributed by atoms with Gasteiger partial charge in [0.05, 0.1) is 0 Å². The molecule has 0 unspecified atom stereocenters. The van der Waals surface area contributed by atoms with Gasteiger partial charge in [-0.3, -0.25) is 4.90 Å². The van der Waals surface area contributed by atoms with Crippen LogP contribution >= 0.6 is 0 Å². The molecule has 1 rings (SSSR count). The predicted octanol–water partition coefficient (Wildman–Crippen LogP) is 2.80. The molecule has 0 amide bonds. The lowest BCUT2D eigenvalue weighted by atomic mass is 10.1. The second kappa shape index (κ2) is 8.04. The van der Waals surface area contributed by atoms with Gasteiger partial charge < -0.3 is 5.32 Å². The highest BCUT2D eigenvalue weighted by Gasteiger charge is 1.99. The third-order valence-electron chi connectivity index (χ3n) is 2.64. The minimum absolute atomic E-state index is 0.929. The number of hydrogen-bond donors (Lipinski definition) is 1. The molecule has 0 spiro atoms. The number of hydrogen-bond acceptors (Lipinski definition) is 2. The van der Waals surface area contributed by atoms with Crippen molar-refractivity contribution in [3.8, 4) is 0 Å². The van der Waals surface area contributed by atoms with Gasteiger partial charge in [-0.1, -0.05) is 37.3 Å². The minimum Gasteiger partial charge on any atom is -0.313 e. The fourth-order valence-corrected chi connectivity index (χ4v) is 1.84. The fourth-order valence-electron chi connectivity index (χ4n) is 1.84. The van der Waals surface area contributed by atoms with Crippen LogP contribution in [0.15, 0.2) is 36.9 Å². The van der Waals surface area contributed by atoms with Crippen LogP contribution in [-0.4, -0.2) is 25.0 Å². The largest absolute Gasteiger partial charge is 0.313 e. The van der Waals surface area contributed by atoms with Crippen LogP contribution in [0.4, 0.5) is 0 Å². The zero-order chi connectivity index (χ0) is 12.5. The van der Waals surface area contributed by atoms with E-state index in [1.807, 2.05) is 6.08 Å². The van der Waals surface area contributed by atoms with Crippen LogP contribution in [0.2, 0.25) is 0 Å². The van der Waals surface area contributed by atoms with Crippen LogP contribution in [0.5, 0.6) is 0 Å². The van der Waals surface area contributed by atoms with Gasteiger partial charge >= 0.3 is 0 Å². The van der Waals surface area contributed by atoms with E-state index < -0.39 is 0 Å². The number of rotatable bonds is 8. The maximum absolute atomic E-state index is 3.76. The highest BCUT2D eigenvalue weighted by molar-refractivity contribution is 5.23. The molecule has 0 aliphatic carbocycles. The van der Waals surface area contributed by atoms with Gasteiger partial charge in [0.25, 0.3) is 0 Å². The zero-order valence-corrected chi connectivity index (χ0v) is 11.1. The van der Waals surface area contributed by atoms with Crippen molar-refractivity contribution >= 4 is 0 Å². The second-order valence-corrected chi connectivity index (χ2v) is 4.48. The van der Waals surface area contributed by atoms with Crippen molar-refractivity contribution in [2.45, 2.75) is 26.4 Å². The second-order valence-electron chi connectivity index (χ2n) is 4.48. The van der Waals surface area contributed by atoms with Gasteiger partial charge in [-0.05, 0) is 31.1 Å². The molecule has 2 heteroatoms. The highest BCUT2D eigenvalue weighted by Crippen LogP contribution is 2.07. The van der Waals surface area contributed by atoms with E-state index in [2.05, 4.69) is 55.0 Å². The van der Waals surface area contributed by atoms with E-state index in [-0.39, 0.29) is 0 Å². The first-order valence-electron chi connectivity index (χ1n) is 6.34. The average Bonchev–Trinajstić information content (AvgIpc) is 2.30. The Balaban J connectivity index is 2.50. The summed E-state index contributed by atoms with van der Waals surface area (Å²) in [6.07, 6.45) is 3.12. The Hall–Kier alpha value is -1.12. The van der Waals surface area contributed by atoms with Gasteiger partial charge in [0.15, 0.2) is 0 Å². The van der Waals surface area contributed by atoms with E-state index in [9.17, 15) is 0 Å². The summed E-state index contributed by atoms with van der Waals surface area (Å²) in [5.74, 6) is 0. The number of likely N-dealkylation sites (N-methyl/N-ethyl adjacent to an activating group) is 1. The van der Waals surface area contributed by atoms with Crippen LogP contribution in [0, 0.1) is 0 Å². The first-order valence-corrected chi connectivity index (χ1v) is 6.34. The summed E-state index contributed by atoms with van der Waals surface area (Å²) in [5, 5.41) is 3.43. The van der Waals surface area contributed by atoms with E-state index in [1.165, 1.54) is 17.5 Å². The molecular formula is C15H24N2. The Bertz CT molecular complexity index is 333. The van der Waals surface area contributed by atoms with Crippen LogP contribution in [0.3, 0.4) is 0 Å². The molecule has 0 heterocycles. The maximum atomic E-state index is 3.76. The fraction of sp³-hybridized carbons (Fsp3) is 0.467. The maximum Gasteiger partial charge on any atom is 0.0234 e. The van der Waals surface area contributed by atoms with Gasteiger partial charge in [-0.2, -0.15) is 0 Å². The van der Waals surface area contributed by atoms with Gasteiger partial charge in [-0.25, -0.2) is 0 Å². The Morgan fingerprint density at radius 3 is 2.82 bits per heavy atom. The lowest BCUT2D eigenvalue weighted by molar-refractivity contribution is 0.363. The molecule has 0 radical (unpaired) electrons. The van der Waals surface area contributed by atoms with E-state index >= 15 is 0 Å². The molecule has 2 nitrogen and oxygen atoms in total. The number of benzene rings is 1. The average molecular weight is 232 g/mol. The molecule has 0 aliphatic rings. The molecule has 1 aromatic carbocycles. The monoisotopic (exact) mass is 232 g/mol. The first-order chi connectivity index (χ1) is 8.26. The smallest absolute Gasteiger partial charge is 0.0234 e. The molecule has 0 atom stereocenters. The van der Waals surface area contributed by atoms with E-state index in [0.717, 1.165) is 26.2 Å². The van der Waals surface area contributed by atoms with E-state index in [4.69, 9.17) is 0 Å². The van der Waals surface area contributed by atoms with Crippen LogP contribution in [0.1, 0.15) is 24.5 Å². The summed E-state index contributed by atoms with van der Waals surface area (Å²) in [5.41, 5.74) is 2.73. The molecule has 0 saturated heterocycles.